The number of hydrogen-bond donors (Lipinski definition) is 2. The lowest BCUT2D eigenvalue weighted by atomic mass is 9.87. The van der Waals surface area contributed by atoms with Crippen molar-refractivity contribution in [2.75, 3.05) is 5.32 Å². The van der Waals surface area contributed by atoms with Crippen molar-refractivity contribution in [3.8, 4) is 5.75 Å². The highest BCUT2D eigenvalue weighted by atomic mass is 16.3. The van der Waals surface area contributed by atoms with E-state index in [9.17, 15) is 9.90 Å². The van der Waals surface area contributed by atoms with Crippen molar-refractivity contribution in [2.24, 2.45) is 0 Å². The van der Waals surface area contributed by atoms with Gasteiger partial charge in [0.1, 0.15) is 11.3 Å². The molecule has 2 aromatic heterocycles. The number of hydrogen-bond acceptors (Lipinski definition) is 4. The fourth-order valence-electron chi connectivity index (χ4n) is 2.55. The summed E-state index contributed by atoms with van der Waals surface area (Å²) < 4.78 is 1.57. The molecule has 2 heterocycles. The number of benzene rings is 1. The predicted octanol–water partition coefficient (Wildman–Crippen LogP) is 3.29. The smallest absolute Gasteiger partial charge is 0.261 e. The van der Waals surface area contributed by atoms with Crippen molar-refractivity contribution >= 4 is 17.2 Å². The van der Waals surface area contributed by atoms with Gasteiger partial charge in [0.15, 0.2) is 5.65 Å². The highest BCUT2D eigenvalue weighted by Crippen LogP contribution is 2.31. The van der Waals surface area contributed by atoms with Gasteiger partial charge in [-0.05, 0) is 36.1 Å². The summed E-state index contributed by atoms with van der Waals surface area (Å²) in [6.45, 7) is 7.98. The fourth-order valence-corrected chi connectivity index (χ4v) is 2.55. The third kappa shape index (κ3) is 2.82. The summed E-state index contributed by atoms with van der Waals surface area (Å²) in [5.41, 5.74) is 2.77. The predicted molar refractivity (Wildman–Crippen MR) is 92.5 cm³/mol. The second-order valence-electron chi connectivity index (χ2n) is 6.78. The Bertz CT molecular complexity index is 922. The standard InChI is InChI=1S/C18H20N4O2/c1-11-15(16-19-8-5-9-22(16)21-11)17(24)20-13-10-12(18(2,3)4)6-7-14(13)23/h5-10,23H,1-4H3,(H,20,24). The molecule has 0 spiro atoms. The molecule has 0 aliphatic heterocycles. The van der Waals surface area contributed by atoms with Crippen LogP contribution in [0.25, 0.3) is 5.65 Å². The minimum absolute atomic E-state index is 0.0263. The van der Waals surface area contributed by atoms with Crippen molar-refractivity contribution in [3.05, 3.63) is 53.5 Å². The minimum atomic E-state index is -0.345. The molecule has 0 bridgehead atoms. The van der Waals surface area contributed by atoms with Crippen LogP contribution in [0.15, 0.2) is 36.7 Å². The van der Waals surface area contributed by atoms with E-state index < -0.39 is 0 Å². The third-order valence-corrected chi connectivity index (χ3v) is 3.91. The molecular weight excluding hydrogens is 304 g/mol. The first-order valence-electron chi connectivity index (χ1n) is 7.72. The van der Waals surface area contributed by atoms with Crippen molar-refractivity contribution in [1.29, 1.82) is 0 Å². The number of fused-ring (bicyclic) bond motifs is 1. The van der Waals surface area contributed by atoms with Crippen LogP contribution in [0.1, 0.15) is 42.4 Å². The first kappa shape index (κ1) is 16.0. The van der Waals surface area contributed by atoms with E-state index in [0.29, 0.717) is 22.6 Å². The Balaban J connectivity index is 1.99. The number of aromatic hydroxyl groups is 1. The molecule has 24 heavy (non-hydrogen) atoms. The molecule has 6 heteroatoms. The molecule has 3 rings (SSSR count). The molecule has 2 N–H and O–H groups in total. The molecular formula is C18H20N4O2. The van der Waals surface area contributed by atoms with Gasteiger partial charge in [0.2, 0.25) is 0 Å². The number of phenols is 1. The number of rotatable bonds is 2. The van der Waals surface area contributed by atoms with Gasteiger partial charge in [-0.2, -0.15) is 5.10 Å². The van der Waals surface area contributed by atoms with E-state index in [0.717, 1.165) is 5.56 Å². The number of aryl methyl sites for hydroxylation is 1. The van der Waals surface area contributed by atoms with E-state index in [1.54, 1.807) is 42.0 Å². The molecule has 124 valence electrons. The van der Waals surface area contributed by atoms with Gasteiger partial charge in [-0.3, -0.25) is 4.79 Å². The summed E-state index contributed by atoms with van der Waals surface area (Å²) in [6.07, 6.45) is 3.36. The zero-order valence-corrected chi connectivity index (χ0v) is 14.2. The van der Waals surface area contributed by atoms with E-state index in [1.165, 1.54) is 0 Å². The number of carbonyl (C=O) groups is 1. The molecule has 1 aromatic carbocycles. The van der Waals surface area contributed by atoms with E-state index in [1.807, 2.05) is 6.07 Å². The summed E-state index contributed by atoms with van der Waals surface area (Å²) in [4.78, 5) is 16.9. The lowest BCUT2D eigenvalue weighted by Gasteiger charge is -2.20. The lowest BCUT2D eigenvalue weighted by Crippen LogP contribution is -2.15. The zero-order valence-electron chi connectivity index (χ0n) is 14.2. The molecule has 0 atom stereocenters. The number of amides is 1. The lowest BCUT2D eigenvalue weighted by molar-refractivity contribution is 0.102. The van der Waals surface area contributed by atoms with Gasteiger partial charge in [0.25, 0.3) is 5.91 Å². The van der Waals surface area contributed by atoms with E-state index in [4.69, 9.17) is 0 Å². The Morgan fingerprint density at radius 3 is 2.75 bits per heavy atom. The minimum Gasteiger partial charge on any atom is -0.506 e. The van der Waals surface area contributed by atoms with Gasteiger partial charge < -0.3 is 10.4 Å². The maximum Gasteiger partial charge on any atom is 0.261 e. The van der Waals surface area contributed by atoms with Crippen LogP contribution in [0.5, 0.6) is 5.75 Å². The van der Waals surface area contributed by atoms with Gasteiger partial charge in [-0.15, -0.1) is 0 Å². The Kier molecular flexibility index (Phi) is 3.75. The van der Waals surface area contributed by atoms with Gasteiger partial charge in [-0.1, -0.05) is 26.8 Å². The highest BCUT2D eigenvalue weighted by Gasteiger charge is 2.21. The molecule has 3 aromatic rings. The maximum atomic E-state index is 12.7. The molecule has 0 saturated carbocycles. The van der Waals surface area contributed by atoms with Crippen LogP contribution in [0, 0.1) is 6.92 Å². The summed E-state index contributed by atoms with van der Waals surface area (Å²) >= 11 is 0. The first-order chi connectivity index (χ1) is 11.3. The number of aromatic nitrogens is 3. The van der Waals surface area contributed by atoms with Gasteiger partial charge in [0.05, 0.1) is 11.4 Å². The van der Waals surface area contributed by atoms with Crippen LogP contribution in [-0.2, 0) is 5.41 Å². The largest absolute Gasteiger partial charge is 0.506 e. The molecule has 0 saturated heterocycles. The summed E-state index contributed by atoms with van der Waals surface area (Å²) in [6, 6.07) is 6.99. The van der Waals surface area contributed by atoms with Crippen molar-refractivity contribution in [1.82, 2.24) is 14.6 Å². The van der Waals surface area contributed by atoms with Gasteiger partial charge >= 0.3 is 0 Å². The normalized spacial score (nSPS) is 11.7. The van der Waals surface area contributed by atoms with Gasteiger partial charge in [0, 0.05) is 12.4 Å². The number of carbonyl (C=O) groups excluding carboxylic acids is 1. The Morgan fingerprint density at radius 2 is 2.04 bits per heavy atom. The van der Waals surface area contributed by atoms with Crippen LogP contribution in [0.3, 0.4) is 0 Å². The Labute approximate surface area is 140 Å². The van der Waals surface area contributed by atoms with Crippen molar-refractivity contribution < 1.29 is 9.90 Å². The van der Waals surface area contributed by atoms with Crippen molar-refractivity contribution in [3.63, 3.8) is 0 Å². The number of anilines is 1. The maximum absolute atomic E-state index is 12.7. The monoisotopic (exact) mass is 324 g/mol. The van der Waals surface area contributed by atoms with Crippen molar-refractivity contribution in [2.45, 2.75) is 33.1 Å². The quantitative estimate of drug-likeness (QED) is 0.709. The molecule has 6 nitrogen and oxygen atoms in total. The van der Waals surface area contributed by atoms with E-state index in [2.05, 4.69) is 36.2 Å². The highest BCUT2D eigenvalue weighted by molar-refractivity contribution is 6.09. The summed E-state index contributed by atoms with van der Waals surface area (Å²) in [5.74, 6) is -0.319. The molecule has 0 fully saturated rings. The van der Waals surface area contributed by atoms with Crippen LogP contribution < -0.4 is 5.32 Å². The SMILES string of the molecule is Cc1nn2cccnc2c1C(=O)Nc1cc(C(C)(C)C)ccc1O. The van der Waals surface area contributed by atoms with E-state index in [-0.39, 0.29) is 17.1 Å². The first-order valence-corrected chi connectivity index (χ1v) is 7.72. The van der Waals surface area contributed by atoms with Crippen LogP contribution in [0.4, 0.5) is 5.69 Å². The van der Waals surface area contributed by atoms with Crippen LogP contribution in [0.2, 0.25) is 0 Å². The average molecular weight is 324 g/mol. The molecule has 0 radical (unpaired) electrons. The second-order valence-corrected chi connectivity index (χ2v) is 6.78. The number of phenolic OH excluding ortho intramolecular Hbond substituents is 1. The van der Waals surface area contributed by atoms with Gasteiger partial charge in [-0.25, -0.2) is 9.50 Å². The Morgan fingerprint density at radius 1 is 1.29 bits per heavy atom. The number of nitrogens with one attached hydrogen (secondary N) is 1. The van der Waals surface area contributed by atoms with Crippen LogP contribution >= 0.6 is 0 Å². The topological polar surface area (TPSA) is 79.5 Å². The second kappa shape index (κ2) is 5.63. The summed E-state index contributed by atoms with van der Waals surface area (Å²) in [7, 11) is 0. The zero-order chi connectivity index (χ0) is 17.5. The molecule has 0 aliphatic carbocycles. The molecule has 0 unspecified atom stereocenters. The summed E-state index contributed by atoms with van der Waals surface area (Å²) in [5, 5.41) is 17.1. The fraction of sp³-hybridized carbons (Fsp3) is 0.278. The van der Waals surface area contributed by atoms with E-state index >= 15 is 0 Å². The Hall–Kier alpha value is -2.89. The third-order valence-electron chi connectivity index (χ3n) is 3.91. The average Bonchev–Trinajstić information content (AvgIpc) is 2.84. The molecule has 1 amide bonds. The molecule has 0 aliphatic rings. The number of nitrogens with zero attached hydrogens (tertiary/aromatic N) is 3. The van der Waals surface area contributed by atoms with Crippen LogP contribution in [-0.4, -0.2) is 25.6 Å².